The van der Waals surface area contributed by atoms with E-state index in [1.54, 1.807) is 6.07 Å². The Kier molecular flexibility index (Phi) is 5.27. The number of aliphatic carboxylic acids is 1. The maximum Gasteiger partial charge on any atom is 0.327 e. The molecule has 0 radical (unpaired) electrons. The predicted octanol–water partition coefficient (Wildman–Crippen LogP) is 3.36. The number of rotatable bonds is 4. The molecule has 0 aromatic heterocycles. The minimum absolute atomic E-state index is 0.104. The third-order valence-corrected chi connectivity index (χ3v) is 5.34. The maximum atomic E-state index is 14.0. The van der Waals surface area contributed by atoms with Gasteiger partial charge in [0, 0.05) is 10.2 Å². The molecule has 4 nitrogen and oxygen atoms in total. The van der Waals surface area contributed by atoms with Gasteiger partial charge < -0.3 is 10.0 Å². The highest BCUT2D eigenvalue weighted by Crippen LogP contribution is 2.35. The number of carboxylic acids is 1. The van der Waals surface area contributed by atoms with Crippen molar-refractivity contribution in [2.24, 2.45) is 0 Å². The number of carboxylic acid groups (broad SMARTS) is 1. The summed E-state index contributed by atoms with van der Waals surface area (Å²) in [5.41, 5.74) is -0.104. The second kappa shape index (κ2) is 6.79. The van der Waals surface area contributed by atoms with Crippen LogP contribution in [0.25, 0.3) is 0 Å². The molecule has 21 heavy (non-hydrogen) atoms. The molecule has 1 amide bonds. The van der Waals surface area contributed by atoms with Gasteiger partial charge in [-0.1, -0.05) is 19.4 Å². The molecule has 1 aliphatic heterocycles. The molecule has 114 valence electrons. The number of hydrogen-bond donors (Lipinski definition) is 1. The zero-order chi connectivity index (χ0) is 15.6. The van der Waals surface area contributed by atoms with Gasteiger partial charge in [-0.3, -0.25) is 4.79 Å². The van der Waals surface area contributed by atoms with E-state index in [-0.39, 0.29) is 10.9 Å². The van der Waals surface area contributed by atoms with Gasteiger partial charge in [-0.05, 0) is 34.5 Å². The molecule has 1 aliphatic rings. The lowest BCUT2D eigenvalue weighted by Gasteiger charge is -2.27. The molecular weight excluding hydrogens is 361 g/mol. The fourth-order valence-corrected chi connectivity index (χ4v) is 4.35. The largest absolute Gasteiger partial charge is 0.480 e. The lowest BCUT2D eigenvalue weighted by atomic mass is 10.1. The Balaban J connectivity index is 2.39. The summed E-state index contributed by atoms with van der Waals surface area (Å²) in [5.74, 6) is -1.94. The predicted molar refractivity (Wildman–Crippen MR) is 82.8 cm³/mol. The SMILES string of the molecule is CCCC1SCC(C(=O)O)N1C(=O)c1c(F)cccc1Br. The van der Waals surface area contributed by atoms with Gasteiger partial charge in [-0.2, -0.15) is 0 Å². The molecule has 1 N–H and O–H groups in total. The quantitative estimate of drug-likeness (QED) is 0.876. The van der Waals surface area contributed by atoms with E-state index < -0.39 is 23.7 Å². The highest BCUT2D eigenvalue weighted by molar-refractivity contribution is 9.10. The second-order valence-electron chi connectivity index (χ2n) is 4.74. The second-order valence-corrected chi connectivity index (χ2v) is 6.80. The van der Waals surface area contributed by atoms with Crippen molar-refractivity contribution in [3.63, 3.8) is 0 Å². The van der Waals surface area contributed by atoms with Crippen LogP contribution in [0.3, 0.4) is 0 Å². The van der Waals surface area contributed by atoms with Gasteiger partial charge in [0.25, 0.3) is 5.91 Å². The van der Waals surface area contributed by atoms with E-state index in [4.69, 9.17) is 0 Å². The number of nitrogens with zero attached hydrogens (tertiary/aromatic N) is 1. The summed E-state index contributed by atoms with van der Waals surface area (Å²) < 4.78 is 14.3. The van der Waals surface area contributed by atoms with Crippen LogP contribution < -0.4 is 0 Å². The summed E-state index contributed by atoms with van der Waals surface area (Å²) in [5, 5.41) is 9.06. The van der Waals surface area contributed by atoms with Gasteiger partial charge in [0.15, 0.2) is 0 Å². The highest BCUT2D eigenvalue weighted by Gasteiger charge is 2.42. The standard InChI is InChI=1S/C14H15BrFNO3S/c1-2-4-11-17(10(7-21-11)14(19)20)13(18)12-8(15)5-3-6-9(12)16/h3,5-6,10-11H,2,4,7H2,1H3,(H,19,20). The van der Waals surface area contributed by atoms with Crippen molar-refractivity contribution in [3.05, 3.63) is 34.1 Å². The Morgan fingerprint density at radius 1 is 1.52 bits per heavy atom. The van der Waals surface area contributed by atoms with E-state index in [2.05, 4.69) is 15.9 Å². The number of hydrogen-bond acceptors (Lipinski definition) is 3. The zero-order valence-corrected chi connectivity index (χ0v) is 13.8. The Morgan fingerprint density at radius 3 is 2.81 bits per heavy atom. The molecule has 1 aromatic rings. The third kappa shape index (κ3) is 3.23. The molecule has 1 saturated heterocycles. The van der Waals surface area contributed by atoms with E-state index in [1.165, 1.54) is 28.8 Å². The van der Waals surface area contributed by atoms with Crippen LogP contribution >= 0.6 is 27.7 Å². The van der Waals surface area contributed by atoms with Crippen LogP contribution in [0.15, 0.2) is 22.7 Å². The summed E-state index contributed by atoms with van der Waals surface area (Å²) >= 11 is 4.60. The average molecular weight is 376 g/mol. The Morgan fingerprint density at radius 2 is 2.24 bits per heavy atom. The van der Waals surface area contributed by atoms with Crippen LogP contribution in [-0.4, -0.2) is 39.1 Å². The van der Waals surface area contributed by atoms with Crippen LogP contribution in [-0.2, 0) is 4.79 Å². The minimum Gasteiger partial charge on any atom is -0.480 e. The Bertz CT molecular complexity index is 549. The van der Waals surface area contributed by atoms with Crippen LogP contribution in [0.1, 0.15) is 30.1 Å². The first-order chi connectivity index (χ1) is 9.97. The molecule has 0 bridgehead atoms. The van der Waals surface area contributed by atoms with Crippen LogP contribution in [0.2, 0.25) is 0 Å². The average Bonchev–Trinajstić information content (AvgIpc) is 2.82. The van der Waals surface area contributed by atoms with Crippen molar-refractivity contribution in [1.82, 2.24) is 4.90 Å². The molecule has 1 fully saturated rings. The molecule has 2 atom stereocenters. The first-order valence-electron chi connectivity index (χ1n) is 6.58. The summed E-state index contributed by atoms with van der Waals surface area (Å²) in [4.78, 5) is 25.3. The van der Waals surface area contributed by atoms with Crippen LogP contribution in [0.4, 0.5) is 4.39 Å². The normalized spacial score (nSPS) is 21.6. The molecule has 7 heteroatoms. The summed E-state index contributed by atoms with van der Waals surface area (Å²) in [7, 11) is 0. The minimum atomic E-state index is -1.05. The first-order valence-corrected chi connectivity index (χ1v) is 8.42. The van der Waals surface area contributed by atoms with E-state index in [0.29, 0.717) is 16.6 Å². The first kappa shape index (κ1) is 16.3. The van der Waals surface area contributed by atoms with Gasteiger partial charge in [0.2, 0.25) is 0 Å². The Hall–Kier alpha value is -1.08. The van der Waals surface area contributed by atoms with E-state index in [0.717, 1.165) is 6.42 Å². The van der Waals surface area contributed by atoms with Gasteiger partial charge in [-0.15, -0.1) is 11.8 Å². The van der Waals surface area contributed by atoms with Crippen molar-refractivity contribution >= 4 is 39.6 Å². The lowest BCUT2D eigenvalue weighted by molar-refractivity contribution is -0.141. The number of benzene rings is 1. The molecule has 1 heterocycles. The topological polar surface area (TPSA) is 57.6 Å². The number of amides is 1. The fourth-order valence-electron chi connectivity index (χ4n) is 2.33. The van der Waals surface area contributed by atoms with Crippen molar-refractivity contribution in [2.45, 2.75) is 31.2 Å². The van der Waals surface area contributed by atoms with E-state index in [1.807, 2.05) is 6.92 Å². The lowest BCUT2D eigenvalue weighted by Crippen LogP contribution is -2.46. The Labute approximate surface area is 134 Å². The number of carbonyl (C=O) groups is 2. The van der Waals surface area contributed by atoms with E-state index >= 15 is 0 Å². The highest BCUT2D eigenvalue weighted by atomic mass is 79.9. The van der Waals surface area contributed by atoms with Crippen molar-refractivity contribution in [3.8, 4) is 0 Å². The molecule has 0 saturated carbocycles. The van der Waals surface area contributed by atoms with Crippen molar-refractivity contribution in [2.75, 3.05) is 5.75 Å². The maximum absolute atomic E-state index is 14.0. The summed E-state index contributed by atoms with van der Waals surface area (Å²) in [6.45, 7) is 1.97. The van der Waals surface area contributed by atoms with Crippen LogP contribution in [0, 0.1) is 5.82 Å². The zero-order valence-electron chi connectivity index (χ0n) is 11.4. The van der Waals surface area contributed by atoms with Gasteiger partial charge in [0.05, 0.1) is 10.9 Å². The third-order valence-electron chi connectivity index (χ3n) is 3.32. The number of halogens is 2. The van der Waals surface area contributed by atoms with Crippen molar-refractivity contribution in [1.29, 1.82) is 0 Å². The number of thioether (sulfide) groups is 1. The monoisotopic (exact) mass is 375 g/mol. The molecule has 1 aromatic carbocycles. The van der Waals surface area contributed by atoms with Crippen LogP contribution in [0.5, 0.6) is 0 Å². The molecule has 2 rings (SSSR count). The van der Waals surface area contributed by atoms with Crippen molar-refractivity contribution < 1.29 is 19.1 Å². The van der Waals surface area contributed by atoms with Gasteiger partial charge in [0.1, 0.15) is 11.9 Å². The summed E-state index contributed by atoms with van der Waals surface area (Å²) in [6.07, 6.45) is 1.51. The smallest absolute Gasteiger partial charge is 0.327 e. The molecular formula is C14H15BrFNO3S. The summed E-state index contributed by atoms with van der Waals surface area (Å²) in [6, 6.07) is 3.36. The number of carbonyl (C=O) groups excluding carboxylic acids is 1. The fraction of sp³-hybridized carbons (Fsp3) is 0.429. The molecule has 0 spiro atoms. The molecule has 0 aliphatic carbocycles. The molecule has 2 unspecified atom stereocenters. The van der Waals surface area contributed by atoms with Gasteiger partial charge >= 0.3 is 5.97 Å². The van der Waals surface area contributed by atoms with E-state index in [9.17, 15) is 19.1 Å². The van der Waals surface area contributed by atoms with Gasteiger partial charge in [-0.25, -0.2) is 9.18 Å².